The first-order chi connectivity index (χ1) is 14.0. The van der Waals surface area contributed by atoms with Gasteiger partial charge in [-0.05, 0) is 44.0 Å². The molecule has 1 atom stereocenters. The minimum atomic E-state index is -4.72. The van der Waals surface area contributed by atoms with Crippen LogP contribution < -0.4 is 20.1 Å². The van der Waals surface area contributed by atoms with E-state index in [4.69, 9.17) is 4.74 Å². The molecule has 0 fully saturated rings. The number of benzene rings is 2. The number of phenolic OH excluding ortho intramolecular Hbond substituents is 1. The summed E-state index contributed by atoms with van der Waals surface area (Å²) in [7, 11) is 0. The van der Waals surface area contributed by atoms with Gasteiger partial charge in [-0.25, -0.2) is 0 Å². The van der Waals surface area contributed by atoms with Crippen molar-refractivity contribution in [2.45, 2.75) is 38.3 Å². The summed E-state index contributed by atoms with van der Waals surface area (Å²) in [5.74, 6) is 0.154. The second kappa shape index (κ2) is 8.45. The monoisotopic (exact) mass is 424 g/mol. The molecule has 30 heavy (non-hydrogen) atoms. The van der Waals surface area contributed by atoms with Crippen LogP contribution in [0.15, 0.2) is 48.9 Å². The molecule has 9 heteroatoms. The predicted molar refractivity (Wildman–Crippen MR) is 105 cm³/mol. The molecule has 0 amide bonds. The molecule has 1 heterocycles. The fraction of sp³-hybridized carbons (Fsp3) is 0.333. The summed E-state index contributed by atoms with van der Waals surface area (Å²) in [6, 6.07) is 8.61. The number of aliphatic hydroxyl groups is 1. The smallest absolute Gasteiger partial charge is 0.508 e. The standard InChI is InChI=1S/C21H23F3N2O4/c1-20(2,11-13-3-5-15(6-4-13)30-21(22,23)24)26-12-18(28)16-9-14(27)10-17-19(16)29-8-7-25-17/h3-10,18,25-28H,11-12H2,1-2H3. The zero-order chi connectivity index (χ0) is 21.9. The van der Waals surface area contributed by atoms with Crippen molar-refractivity contribution in [2.75, 3.05) is 11.9 Å². The molecule has 0 aromatic heterocycles. The van der Waals surface area contributed by atoms with E-state index in [2.05, 4.69) is 15.4 Å². The first-order valence-electron chi connectivity index (χ1n) is 9.25. The maximum atomic E-state index is 12.3. The largest absolute Gasteiger partial charge is 0.573 e. The zero-order valence-corrected chi connectivity index (χ0v) is 16.5. The molecule has 2 aromatic carbocycles. The molecule has 0 saturated carbocycles. The molecule has 4 N–H and O–H groups in total. The van der Waals surface area contributed by atoms with Crippen LogP contribution >= 0.6 is 0 Å². The number of halogens is 3. The third-order valence-electron chi connectivity index (χ3n) is 4.53. The minimum absolute atomic E-state index is 0.00498. The molecule has 6 nitrogen and oxygen atoms in total. The van der Waals surface area contributed by atoms with E-state index in [1.54, 1.807) is 18.3 Å². The molecule has 0 spiro atoms. The molecule has 162 valence electrons. The summed E-state index contributed by atoms with van der Waals surface area (Å²) >= 11 is 0. The van der Waals surface area contributed by atoms with E-state index < -0.39 is 18.0 Å². The number of anilines is 1. The van der Waals surface area contributed by atoms with Crippen molar-refractivity contribution in [2.24, 2.45) is 0 Å². The van der Waals surface area contributed by atoms with Gasteiger partial charge in [-0.1, -0.05) is 12.1 Å². The molecule has 0 aliphatic carbocycles. The van der Waals surface area contributed by atoms with E-state index in [1.165, 1.54) is 30.5 Å². The van der Waals surface area contributed by atoms with Crippen LogP contribution in [0.3, 0.4) is 0 Å². The summed E-state index contributed by atoms with van der Waals surface area (Å²) in [6.07, 6.45) is -2.16. The van der Waals surface area contributed by atoms with Crippen LogP contribution in [0.25, 0.3) is 0 Å². The van der Waals surface area contributed by atoms with Crippen LogP contribution in [0.2, 0.25) is 0 Å². The number of β-amino-alcohol motifs (C(OH)–C–C–N with tert-alkyl or cyclic N) is 1. The third kappa shape index (κ3) is 5.80. The van der Waals surface area contributed by atoms with Crippen LogP contribution in [0, 0.1) is 0 Å². The Hall–Kier alpha value is -2.91. The van der Waals surface area contributed by atoms with E-state index in [0.717, 1.165) is 5.56 Å². The lowest BCUT2D eigenvalue weighted by atomic mass is 9.94. The van der Waals surface area contributed by atoms with Crippen molar-refractivity contribution >= 4 is 5.69 Å². The number of phenols is 1. The highest BCUT2D eigenvalue weighted by Gasteiger charge is 2.31. The predicted octanol–water partition coefficient (Wildman–Crippen LogP) is 4.21. The number of alkyl halides is 3. The van der Waals surface area contributed by atoms with E-state index in [0.29, 0.717) is 23.4 Å². The highest BCUT2D eigenvalue weighted by Crippen LogP contribution is 2.38. The SMILES string of the molecule is CC(C)(Cc1ccc(OC(F)(F)F)cc1)NCC(O)c1cc(O)cc2c1OC=CN2. The first-order valence-corrected chi connectivity index (χ1v) is 9.25. The van der Waals surface area contributed by atoms with Crippen molar-refractivity contribution in [1.82, 2.24) is 5.32 Å². The molecule has 0 bridgehead atoms. The summed E-state index contributed by atoms with van der Waals surface area (Å²) < 4.78 is 46.2. The highest BCUT2D eigenvalue weighted by atomic mass is 19.4. The Morgan fingerprint density at radius 2 is 1.87 bits per heavy atom. The number of rotatable bonds is 7. The lowest BCUT2D eigenvalue weighted by Crippen LogP contribution is -2.43. The lowest BCUT2D eigenvalue weighted by molar-refractivity contribution is -0.274. The second-order valence-corrected chi connectivity index (χ2v) is 7.63. The molecular formula is C21H23F3N2O4. The average molecular weight is 424 g/mol. The summed E-state index contributed by atoms with van der Waals surface area (Å²) in [6.45, 7) is 4.00. The fourth-order valence-electron chi connectivity index (χ4n) is 3.21. The maximum absolute atomic E-state index is 12.3. The summed E-state index contributed by atoms with van der Waals surface area (Å²) in [5, 5.41) is 26.7. The average Bonchev–Trinajstić information content (AvgIpc) is 2.65. The second-order valence-electron chi connectivity index (χ2n) is 7.63. The Bertz CT molecular complexity index is 912. The van der Waals surface area contributed by atoms with Crippen LogP contribution in [-0.4, -0.2) is 28.7 Å². The molecule has 0 saturated heterocycles. The Morgan fingerprint density at radius 1 is 1.17 bits per heavy atom. The first kappa shape index (κ1) is 21.8. The van der Waals surface area contributed by atoms with Crippen molar-refractivity contribution in [1.29, 1.82) is 0 Å². The molecule has 3 rings (SSSR count). The number of fused-ring (bicyclic) bond motifs is 1. The van der Waals surface area contributed by atoms with Crippen molar-refractivity contribution in [3.63, 3.8) is 0 Å². The Morgan fingerprint density at radius 3 is 2.53 bits per heavy atom. The van der Waals surface area contributed by atoms with Gasteiger partial charge in [0.1, 0.15) is 17.8 Å². The van der Waals surface area contributed by atoms with E-state index in [-0.39, 0.29) is 18.0 Å². The Kier molecular flexibility index (Phi) is 6.14. The van der Waals surface area contributed by atoms with Gasteiger partial charge in [0.05, 0.1) is 11.8 Å². The highest BCUT2D eigenvalue weighted by molar-refractivity contribution is 5.66. The third-order valence-corrected chi connectivity index (χ3v) is 4.53. The van der Waals surface area contributed by atoms with Gasteiger partial charge in [0.2, 0.25) is 0 Å². The van der Waals surface area contributed by atoms with Gasteiger partial charge < -0.3 is 30.3 Å². The number of hydrogen-bond acceptors (Lipinski definition) is 6. The van der Waals surface area contributed by atoms with E-state index in [9.17, 15) is 23.4 Å². The van der Waals surface area contributed by atoms with Gasteiger partial charge in [0.25, 0.3) is 0 Å². The van der Waals surface area contributed by atoms with E-state index >= 15 is 0 Å². The molecule has 1 aliphatic heterocycles. The van der Waals surface area contributed by atoms with Gasteiger partial charge in [-0.2, -0.15) is 0 Å². The van der Waals surface area contributed by atoms with Gasteiger partial charge in [-0.3, -0.25) is 0 Å². The van der Waals surface area contributed by atoms with Gasteiger partial charge in [0, 0.05) is 29.9 Å². The normalized spacial score (nSPS) is 14.5. The zero-order valence-electron chi connectivity index (χ0n) is 16.5. The summed E-state index contributed by atoms with van der Waals surface area (Å²) in [5.41, 5.74) is 1.32. The number of aliphatic hydroxyl groups excluding tert-OH is 1. The molecular weight excluding hydrogens is 401 g/mol. The molecule has 1 unspecified atom stereocenters. The van der Waals surface area contributed by atoms with Crippen LogP contribution in [0.1, 0.15) is 31.1 Å². The van der Waals surface area contributed by atoms with Crippen molar-refractivity contribution < 1.29 is 32.9 Å². The Labute approximate surface area is 171 Å². The number of nitrogens with one attached hydrogen (secondary N) is 2. The van der Waals surface area contributed by atoms with Gasteiger partial charge >= 0.3 is 6.36 Å². The topological polar surface area (TPSA) is 83.0 Å². The van der Waals surface area contributed by atoms with Crippen LogP contribution in [0.5, 0.6) is 17.2 Å². The maximum Gasteiger partial charge on any atom is 0.573 e. The summed E-state index contributed by atoms with van der Waals surface area (Å²) in [4.78, 5) is 0. The fourth-order valence-corrected chi connectivity index (χ4v) is 3.21. The lowest BCUT2D eigenvalue weighted by Gasteiger charge is -2.29. The van der Waals surface area contributed by atoms with Crippen molar-refractivity contribution in [3.8, 4) is 17.2 Å². The van der Waals surface area contributed by atoms with Gasteiger partial charge in [-0.15, -0.1) is 13.2 Å². The Balaban J connectivity index is 1.62. The number of hydrogen-bond donors (Lipinski definition) is 4. The molecule has 2 aromatic rings. The van der Waals surface area contributed by atoms with E-state index in [1.807, 2.05) is 13.8 Å². The van der Waals surface area contributed by atoms with Gasteiger partial charge in [0.15, 0.2) is 5.75 Å². The molecule has 0 radical (unpaired) electrons. The number of aromatic hydroxyl groups is 1. The van der Waals surface area contributed by atoms with Crippen molar-refractivity contribution in [3.05, 3.63) is 60.0 Å². The number of ether oxygens (including phenoxy) is 2. The van der Waals surface area contributed by atoms with Crippen LogP contribution in [0.4, 0.5) is 18.9 Å². The molecule has 1 aliphatic rings. The minimum Gasteiger partial charge on any atom is -0.508 e. The van der Waals surface area contributed by atoms with Crippen LogP contribution in [-0.2, 0) is 6.42 Å². The quantitative estimate of drug-likeness (QED) is 0.533.